The summed E-state index contributed by atoms with van der Waals surface area (Å²) >= 11 is 0. The molecule has 0 aliphatic carbocycles. The van der Waals surface area contributed by atoms with E-state index in [0.717, 1.165) is 5.69 Å². The van der Waals surface area contributed by atoms with Crippen molar-refractivity contribution in [3.05, 3.63) is 54.5 Å². The number of allylic oxidation sites excluding steroid dienone is 4. The first kappa shape index (κ1) is 12.7. The minimum absolute atomic E-state index is 0.416. The Morgan fingerprint density at radius 3 is 3.06 bits per heavy atom. The van der Waals surface area contributed by atoms with E-state index in [1.807, 2.05) is 19.1 Å². The highest BCUT2D eigenvalue weighted by atomic mass is 16.5. The van der Waals surface area contributed by atoms with Crippen LogP contribution in [-0.4, -0.2) is 16.6 Å². The Labute approximate surface area is 101 Å². The predicted octanol–water partition coefficient (Wildman–Crippen LogP) is 2.36. The van der Waals surface area contributed by atoms with Gasteiger partial charge < -0.3 is 4.74 Å². The van der Waals surface area contributed by atoms with Crippen LogP contribution >= 0.6 is 0 Å². The number of nitriles is 1. The summed E-state index contributed by atoms with van der Waals surface area (Å²) in [4.78, 5) is 7.92. The second-order valence-corrected chi connectivity index (χ2v) is 3.23. The highest BCUT2D eigenvalue weighted by Crippen LogP contribution is 2.05. The topological polar surface area (TPSA) is 58.8 Å². The van der Waals surface area contributed by atoms with E-state index in [2.05, 4.69) is 16.5 Å². The molecule has 0 amide bonds. The molecule has 86 valence electrons. The van der Waals surface area contributed by atoms with Gasteiger partial charge >= 0.3 is 0 Å². The molecule has 0 bridgehead atoms. The van der Waals surface area contributed by atoms with Crippen molar-refractivity contribution in [2.75, 3.05) is 6.61 Å². The van der Waals surface area contributed by atoms with E-state index >= 15 is 0 Å². The van der Waals surface area contributed by atoms with Crippen molar-refractivity contribution in [2.45, 2.75) is 6.92 Å². The molecule has 1 aromatic rings. The Morgan fingerprint density at radius 1 is 1.53 bits per heavy atom. The van der Waals surface area contributed by atoms with Gasteiger partial charge in [0.1, 0.15) is 12.9 Å². The van der Waals surface area contributed by atoms with Gasteiger partial charge in [-0.1, -0.05) is 18.7 Å². The number of aryl methyl sites for hydroxylation is 1. The first-order chi connectivity index (χ1) is 8.22. The van der Waals surface area contributed by atoms with Crippen LogP contribution in [0.15, 0.2) is 48.8 Å². The zero-order chi connectivity index (χ0) is 12.5. The molecule has 0 fully saturated rings. The van der Waals surface area contributed by atoms with Gasteiger partial charge in [-0.2, -0.15) is 5.26 Å². The van der Waals surface area contributed by atoms with Gasteiger partial charge in [-0.15, -0.1) is 0 Å². The number of hydrogen-bond acceptors (Lipinski definition) is 4. The van der Waals surface area contributed by atoms with E-state index < -0.39 is 0 Å². The first-order valence-electron chi connectivity index (χ1n) is 5.06. The number of hydrogen-bond donors (Lipinski definition) is 0. The summed E-state index contributed by atoms with van der Waals surface area (Å²) in [7, 11) is 0. The minimum Gasteiger partial charge on any atom is -0.473 e. The Kier molecular flexibility index (Phi) is 5.18. The van der Waals surface area contributed by atoms with E-state index in [9.17, 15) is 0 Å². The lowest BCUT2D eigenvalue weighted by Crippen LogP contribution is -1.96. The molecular weight excluding hydrogens is 214 g/mol. The summed E-state index contributed by atoms with van der Waals surface area (Å²) in [6, 6.07) is 3.69. The first-order valence-corrected chi connectivity index (χ1v) is 5.06. The second-order valence-electron chi connectivity index (χ2n) is 3.23. The number of rotatable bonds is 5. The van der Waals surface area contributed by atoms with Crippen molar-refractivity contribution in [1.29, 1.82) is 5.26 Å². The van der Waals surface area contributed by atoms with Crippen molar-refractivity contribution in [2.24, 2.45) is 0 Å². The Balaban J connectivity index is 2.33. The molecule has 0 aliphatic rings. The summed E-state index contributed by atoms with van der Waals surface area (Å²) in [6.07, 6.45) is 8.44. The van der Waals surface area contributed by atoms with Crippen molar-refractivity contribution in [3.63, 3.8) is 0 Å². The minimum atomic E-state index is 0.416. The Bertz CT molecular complexity index is 484. The fourth-order valence-corrected chi connectivity index (χ4v) is 0.986. The lowest BCUT2D eigenvalue weighted by atomic mass is 10.3. The molecule has 0 radical (unpaired) electrons. The van der Waals surface area contributed by atoms with Crippen LogP contribution in [0.25, 0.3) is 0 Å². The fourth-order valence-electron chi connectivity index (χ4n) is 0.986. The highest BCUT2D eigenvalue weighted by molar-refractivity contribution is 5.31. The molecule has 0 saturated heterocycles. The fraction of sp³-hybridized carbons (Fsp3) is 0.154. The monoisotopic (exact) mass is 227 g/mol. The van der Waals surface area contributed by atoms with Crippen LogP contribution in [0, 0.1) is 18.3 Å². The molecule has 0 atom stereocenters. The maximum Gasteiger partial charge on any atom is 0.216 e. The van der Waals surface area contributed by atoms with Crippen molar-refractivity contribution in [3.8, 4) is 11.9 Å². The zero-order valence-corrected chi connectivity index (χ0v) is 9.63. The zero-order valence-electron chi connectivity index (χ0n) is 9.63. The van der Waals surface area contributed by atoms with E-state index in [1.165, 1.54) is 6.33 Å². The quantitative estimate of drug-likeness (QED) is 0.572. The van der Waals surface area contributed by atoms with Gasteiger partial charge in [0.2, 0.25) is 5.88 Å². The number of nitrogens with zero attached hydrogens (tertiary/aromatic N) is 3. The van der Waals surface area contributed by atoms with Crippen LogP contribution in [0.3, 0.4) is 0 Å². The molecule has 0 spiro atoms. The van der Waals surface area contributed by atoms with Gasteiger partial charge in [-0.3, -0.25) is 0 Å². The maximum absolute atomic E-state index is 8.45. The summed E-state index contributed by atoms with van der Waals surface area (Å²) < 4.78 is 5.36. The van der Waals surface area contributed by atoms with Gasteiger partial charge in [0.05, 0.1) is 6.07 Å². The molecule has 0 unspecified atom stereocenters. The van der Waals surface area contributed by atoms with E-state index in [0.29, 0.717) is 18.1 Å². The largest absolute Gasteiger partial charge is 0.473 e. The van der Waals surface area contributed by atoms with Gasteiger partial charge in [0.15, 0.2) is 0 Å². The molecule has 4 heteroatoms. The number of ether oxygens (including phenoxy) is 1. The van der Waals surface area contributed by atoms with Crippen molar-refractivity contribution in [1.82, 2.24) is 9.97 Å². The molecule has 1 heterocycles. The molecule has 17 heavy (non-hydrogen) atoms. The predicted molar refractivity (Wildman–Crippen MR) is 65.3 cm³/mol. The number of aromatic nitrogens is 2. The lowest BCUT2D eigenvalue weighted by molar-refractivity contribution is 0.347. The third-order valence-electron chi connectivity index (χ3n) is 1.79. The maximum atomic E-state index is 8.45. The van der Waals surface area contributed by atoms with Gasteiger partial charge in [-0.25, -0.2) is 9.97 Å². The van der Waals surface area contributed by atoms with Gasteiger partial charge in [0.25, 0.3) is 0 Å². The molecular formula is C13H13N3O. The van der Waals surface area contributed by atoms with Crippen LogP contribution in [0.1, 0.15) is 5.69 Å². The highest BCUT2D eigenvalue weighted by Gasteiger charge is 1.93. The summed E-state index contributed by atoms with van der Waals surface area (Å²) in [6.45, 7) is 5.81. The third kappa shape index (κ3) is 5.28. The normalized spacial score (nSPS) is 10.6. The Hall–Kier alpha value is -2.41. The molecule has 0 saturated carbocycles. The van der Waals surface area contributed by atoms with Crippen molar-refractivity contribution < 1.29 is 4.74 Å². The van der Waals surface area contributed by atoms with E-state index in [-0.39, 0.29) is 0 Å². The van der Waals surface area contributed by atoms with E-state index in [1.54, 1.807) is 24.3 Å². The average molecular weight is 227 g/mol. The summed E-state index contributed by atoms with van der Waals surface area (Å²) in [5.74, 6) is 0.549. The molecule has 0 aromatic carbocycles. The standard InChI is InChI=1S/C13H13N3O/c1-11(9-14)6-4-3-5-7-17-13-8-12(2)15-10-16-13/h3-6,8,10H,1,7H2,2H3/b5-3-,6-4-. The van der Waals surface area contributed by atoms with Gasteiger partial charge in [0, 0.05) is 17.3 Å². The molecule has 0 aliphatic heterocycles. The molecule has 4 nitrogen and oxygen atoms in total. The lowest BCUT2D eigenvalue weighted by Gasteiger charge is -2.00. The average Bonchev–Trinajstić information content (AvgIpc) is 2.33. The van der Waals surface area contributed by atoms with Crippen LogP contribution in [0.2, 0.25) is 0 Å². The Morgan fingerprint density at radius 2 is 2.35 bits per heavy atom. The third-order valence-corrected chi connectivity index (χ3v) is 1.79. The van der Waals surface area contributed by atoms with Crippen LogP contribution < -0.4 is 4.74 Å². The van der Waals surface area contributed by atoms with Gasteiger partial charge in [-0.05, 0) is 19.1 Å². The second kappa shape index (κ2) is 6.96. The summed E-state index contributed by atoms with van der Waals surface area (Å²) in [5, 5.41) is 8.45. The van der Waals surface area contributed by atoms with E-state index in [4.69, 9.17) is 10.00 Å². The van der Waals surface area contributed by atoms with Crippen LogP contribution in [0.4, 0.5) is 0 Å². The molecule has 1 rings (SSSR count). The van der Waals surface area contributed by atoms with Crippen molar-refractivity contribution >= 4 is 0 Å². The molecule has 0 N–H and O–H groups in total. The smallest absolute Gasteiger partial charge is 0.216 e. The van der Waals surface area contributed by atoms with Crippen LogP contribution in [0.5, 0.6) is 5.88 Å². The van der Waals surface area contributed by atoms with Crippen LogP contribution in [-0.2, 0) is 0 Å². The SMILES string of the molecule is C=C(C#N)/C=C\C=C/COc1cc(C)ncn1. The summed E-state index contributed by atoms with van der Waals surface area (Å²) in [5.41, 5.74) is 1.28. The molecule has 1 aromatic heterocycles.